The van der Waals surface area contributed by atoms with Gasteiger partial charge in [0, 0.05) is 24.5 Å². The molecule has 0 aromatic carbocycles. The Kier molecular flexibility index (Phi) is 6.74. The van der Waals surface area contributed by atoms with Gasteiger partial charge >= 0.3 is 5.97 Å². The Bertz CT molecular complexity index is 957. The van der Waals surface area contributed by atoms with Gasteiger partial charge in [-0.2, -0.15) is 0 Å². The highest BCUT2D eigenvalue weighted by Gasteiger charge is 2.65. The molecule has 4 aliphatic rings. The number of fused-ring (bicyclic) bond motifs is 4. The van der Waals surface area contributed by atoms with E-state index in [-0.39, 0.29) is 27.8 Å². The lowest BCUT2D eigenvalue weighted by molar-refractivity contribution is -0.142. The van der Waals surface area contributed by atoms with Crippen LogP contribution in [0.1, 0.15) is 106 Å². The van der Waals surface area contributed by atoms with E-state index in [2.05, 4.69) is 41.5 Å². The number of hydrogen-bond acceptors (Lipinski definition) is 3. The topological polar surface area (TPSA) is 63.6 Å². The van der Waals surface area contributed by atoms with Crippen molar-refractivity contribution in [3.63, 3.8) is 0 Å². The van der Waals surface area contributed by atoms with Gasteiger partial charge in [-0.3, -0.25) is 4.79 Å². The molecule has 4 aliphatic carbocycles. The van der Waals surface area contributed by atoms with E-state index in [9.17, 15) is 14.7 Å². The molecule has 4 rings (SSSR count). The van der Waals surface area contributed by atoms with Gasteiger partial charge in [0.1, 0.15) is 5.78 Å². The molecule has 35 heavy (non-hydrogen) atoms. The Morgan fingerprint density at radius 3 is 2.46 bits per heavy atom. The van der Waals surface area contributed by atoms with E-state index in [1.54, 1.807) is 18.1 Å². The molecule has 0 amide bonds. The van der Waals surface area contributed by atoms with Crippen LogP contribution in [0, 0.1) is 39.4 Å². The van der Waals surface area contributed by atoms with Crippen LogP contribution in [0.25, 0.3) is 0 Å². The third-order valence-corrected chi connectivity index (χ3v) is 11.9. The van der Waals surface area contributed by atoms with Gasteiger partial charge in [-0.05, 0) is 97.9 Å². The molecule has 0 aromatic heterocycles. The summed E-state index contributed by atoms with van der Waals surface area (Å²) in [6, 6.07) is 0. The summed E-state index contributed by atoms with van der Waals surface area (Å²) in [6.45, 7) is 16.0. The second-order valence-corrected chi connectivity index (χ2v) is 13.6. The Morgan fingerprint density at radius 1 is 1.14 bits per heavy atom. The highest BCUT2D eigenvalue weighted by Crippen LogP contribution is 2.72. The molecule has 0 aliphatic heterocycles. The lowest BCUT2D eigenvalue weighted by Crippen LogP contribution is -2.57. The molecule has 0 radical (unpaired) electrons. The quantitative estimate of drug-likeness (QED) is 0.316. The summed E-state index contributed by atoms with van der Waals surface area (Å²) < 4.78 is 6.28. The molecule has 4 heteroatoms. The predicted octanol–water partition coefficient (Wildman–Crippen LogP) is 7.38. The van der Waals surface area contributed by atoms with Crippen LogP contribution in [-0.2, 0) is 14.3 Å². The fourth-order valence-corrected chi connectivity index (χ4v) is 9.44. The number of aliphatic carboxylic acids is 1. The highest BCUT2D eigenvalue weighted by atomic mass is 16.5. The van der Waals surface area contributed by atoms with Gasteiger partial charge in [0.2, 0.25) is 0 Å². The molecule has 0 bridgehead atoms. The minimum absolute atomic E-state index is 0.0922. The van der Waals surface area contributed by atoms with Crippen LogP contribution in [0.3, 0.4) is 0 Å². The molecule has 1 N–H and O–H groups in total. The van der Waals surface area contributed by atoms with Crippen molar-refractivity contribution in [2.75, 3.05) is 7.11 Å². The maximum absolute atomic E-state index is 13.0. The summed E-state index contributed by atoms with van der Waals surface area (Å²) in [4.78, 5) is 24.1. The van der Waals surface area contributed by atoms with Crippen molar-refractivity contribution in [3.8, 4) is 0 Å². The van der Waals surface area contributed by atoms with Crippen LogP contribution < -0.4 is 0 Å². The smallest absolute Gasteiger partial charge is 0.330 e. The van der Waals surface area contributed by atoms with Crippen LogP contribution in [-0.4, -0.2) is 30.1 Å². The summed E-state index contributed by atoms with van der Waals surface area (Å²) in [5, 5.41) is 9.19. The first-order valence-corrected chi connectivity index (χ1v) is 13.9. The van der Waals surface area contributed by atoms with Gasteiger partial charge in [-0.25, -0.2) is 4.79 Å². The Balaban J connectivity index is 1.68. The van der Waals surface area contributed by atoms with Crippen LogP contribution in [0.5, 0.6) is 0 Å². The average molecular weight is 485 g/mol. The summed E-state index contributed by atoms with van der Waals surface area (Å²) in [5.41, 5.74) is 3.81. The van der Waals surface area contributed by atoms with Crippen molar-refractivity contribution in [3.05, 3.63) is 22.8 Å². The van der Waals surface area contributed by atoms with Crippen molar-refractivity contribution in [1.29, 1.82) is 0 Å². The van der Waals surface area contributed by atoms with E-state index in [0.717, 1.165) is 32.1 Å². The SMILES string of the molecule is COC1CC2C(C)(C)C(=O)CCC2(C)C2=C1C1(C)CCC(C(C)CCC=C(C)C(=O)O)C1(C)CC2. The van der Waals surface area contributed by atoms with E-state index in [0.29, 0.717) is 35.5 Å². The number of carboxylic acids is 1. The van der Waals surface area contributed by atoms with Crippen LogP contribution in [0.15, 0.2) is 22.8 Å². The Hall–Kier alpha value is -1.42. The largest absolute Gasteiger partial charge is 0.478 e. The number of rotatable bonds is 6. The lowest BCUT2D eigenvalue weighted by Gasteiger charge is -2.62. The van der Waals surface area contributed by atoms with Crippen molar-refractivity contribution in [1.82, 2.24) is 0 Å². The minimum atomic E-state index is -0.813. The second kappa shape index (κ2) is 8.85. The zero-order valence-corrected chi connectivity index (χ0v) is 23.4. The standard InChI is InChI=1S/C31H48O4/c1-19(10-9-11-20(2)27(33)34)21-12-17-31(7)26-22(13-16-30(21,31)6)29(5)15-14-25(32)28(3,4)24(29)18-23(26)35-8/h11,19,21,23-24H,9-10,12-18H2,1-8H3,(H,33,34). The molecule has 7 unspecified atom stereocenters. The van der Waals surface area contributed by atoms with E-state index in [1.165, 1.54) is 19.3 Å². The van der Waals surface area contributed by atoms with Crippen LogP contribution in [0.4, 0.5) is 0 Å². The van der Waals surface area contributed by atoms with Crippen molar-refractivity contribution >= 4 is 11.8 Å². The van der Waals surface area contributed by atoms with Crippen molar-refractivity contribution in [2.24, 2.45) is 39.4 Å². The number of ketones is 1. The minimum Gasteiger partial charge on any atom is -0.478 e. The predicted molar refractivity (Wildman–Crippen MR) is 140 cm³/mol. The molecule has 4 nitrogen and oxygen atoms in total. The molecule has 0 aromatic rings. The van der Waals surface area contributed by atoms with E-state index < -0.39 is 5.97 Å². The maximum atomic E-state index is 13.0. The van der Waals surface area contributed by atoms with Crippen molar-refractivity contribution < 1.29 is 19.4 Å². The van der Waals surface area contributed by atoms with Gasteiger partial charge < -0.3 is 9.84 Å². The maximum Gasteiger partial charge on any atom is 0.330 e. The van der Waals surface area contributed by atoms with Crippen molar-refractivity contribution in [2.45, 2.75) is 112 Å². The van der Waals surface area contributed by atoms with Gasteiger partial charge in [-0.15, -0.1) is 0 Å². The molecule has 2 saturated carbocycles. The molecule has 7 atom stereocenters. The molecule has 0 saturated heterocycles. The molecule has 0 heterocycles. The molecule has 2 fully saturated rings. The fourth-order valence-electron chi connectivity index (χ4n) is 9.44. The number of carbonyl (C=O) groups excluding carboxylic acids is 1. The Morgan fingerprint density at radius 2 is 1.83 bits per heavy atom. The summed E-state index contributed by atoms with van der Waals surface area (Å²) in [7, 11) is 1.87. The molecular weight excluding hydrogens is 436 g/mol. The Labute approximate surface area is 213 Å². The third-order valence-electron chi connectivity index (χ3n) is 11.9. The monoisotopic (exact) mass is 484 g/mol. The van der Waals surface area contributed by atoms with E-state index >= 15 is 0 Å². The molecular formula is C31H48O4. The number of ether oxygens (including phenoxy) is 1. The van der Waals surface area contributed by atoms with Crippen LogP contribution >= 0.6 is 0 Å². The average Bonchev–Trinajstić information content (AvgIpc) is 3.07. The number of methoxy groups -OCH3 is 1. The second-order valence-electron chi connectivity index (χ2n) is 13.6. The third kappa shape index (κ3) is 3.80. The lowest BCUT2D eigenvalue weighted by atomic mass is 9.43. The van der Waals surface area contributed by atoms with Crippen LogP contribution in [0.2, 0.25) is 0 Å². The number of allylic oxidation sites excluding steroid dienone is 2. The zero-order valence-electron chi connectivity index (χ0n) is 23.4. The first-order chi connectivity index (χ1) is 16.2. The fraction of sp³-hybridized carbons (Fsp3) is 0.806. The van der Waals surface area contributed by atoms with Gasteiger partial charge in [0.05, 0.1) is 6.10 Å². The summed E-state index contributed by atoms with van der Waals surface area (Å²) >= 11 is 0. The van der Waals surface area contributed by atoms with Gasteiger partial charge in [0.15, 0.2) is 0 Å². The first kappa shape index (κ1) is 26.6. The first-order valence-electron chi connectivity index (χ1n) is 13.9. The molecule has 0 spiro atoms. The molecule has 196 valence electrons. The number of carbonyl (C=O) groups is 2. The van der Waals surface area contributed by atoms with Gasteiger partial charge in [0.25, 0.3) is 0 Å². The number of carboxylic acid groups (broad SMARTS) is 1. The van der Waals surface area contributed by atoms with E-state index in [4.69, 9.17) is 4.74 Å². The highest BCUT2D eigenvalue weighted by molar-refractivity contribution is 5.86. The zero-order chi connectivity index (χ0) is 26.0. The van der Waals surface area contributed by atoms with E-state index in [1.807, 2.05) is 13.2 Å². The normalized spacial score (nSPS) is 41.8. The summed E-state index contributed by atoms with van der Waals surface area (Å²) in [5.74, 6) is 1.14. The summed E-state index contributed by atoms with van der Waals surface area (Å²) in [6.07, 6.45) is 11.3. The van der Waals surface area contributed by atoms with Gasteiger partial charge in [-0.1, -0.05) is 53.2 Å². The number of hydrogen-bond donors (Lipinski definition) is 1. The number of Topliss-reactive ketones (excluding diaryl/α,β-unsaturated/α-hetero) is 1.